The second kappa shape index (κ2) is 6.92. The van der Waals surface area contributed by atoms with Gasteiger partial charge in [-0.2, -0.15) is 0 Å². The van der Waals surface area contributed by atoms with Crippen LogP contribution in [0, 0.1) is 0 Å². The fourth-order valence-electron chi connectivity index (χ4n) is 2.70. The van der Waals surface area contributed by atoms with Crippen LogP contribution in [-0.4, -0.2) is 25.9 Å². The minimum absolute atomic E-state index is 0.206. The summed E-state index contributed by atoms with van der Waals surface area (Å²) in [4.78, 5) is 0. The third-order valence-electron chi connectivity index (χ3n) is 3.66. The molecule has 106 valence electrons. The molecule has 0 spiro atoms. The number of para-hydroxylation sites is 1. The summed E-state index contributed by atoms with van der Waals surface area (Å²) < 4.78 is 11.9. The highest BCUT2D eigenvalue weighted by atomic mass is 16.5. The minimum atomic E-state index is 0.206. The van der Waals surface area contributed by atoms with Gasteiger partial charge in [-0.1, -0.05) is 25.1 Å². The molecular formula is C16H25NO2. The zero-order valence-corrected chi connectivity index (χ0v) is 12.2. The molecule has 1 heterocycles. The van der Waals surface area contributed by atoms with Crippen molar-refractivity contribution >= 4 is 0 Å². The first kappa shape index (κ1) is 14.4. The minimum Gasteiger partial charge on any atom is -0.493 e. The third-order valence-corrected chi connectivity index (χ3v) is 3.66. The summed E-state index contributed by atoms with van der Waals surface area (Å²) >= 11 is 0. The number of hydrogen-bond acceptors (Lipinski definition) is 3. The van der Waals surface area contributed by atoms with Gasteiger partial charge in [-0.25, -0.2) is 0 Å². The van der Waals surface area contributed by atoms with E-state index in [-0.39, 0.29) is 12.1 Å². The first-order chi connectivity index (χ1) is 9.26. The molecule has 0 saturated carbocycles. The van der Waals surface area contributed by atoms with Gasteiger partial charge in [0, 0.05) is 5.56 Å². The van der Waals surface area contributed by atoms with E-state index in [1.165, 1.54) is 5.56 Å². The van der Waals surface area contributed by atoms with Gasteiger partial charge in [0.1, 0.15) is 5.75 Å². The van der Waals surface area contributed by atoms with Gasteiger partial charge in [-0.3, -0.25) is 0 Å². The normalized spacial score (nSPS) is 24.4. The van der Waals surface area contributed by atoms with Gasteiger partial charge in [0.05, 0.1) is 24.9 Å². The molecule has 1 aromatic rings. The third kappa shape index (κ3) is 3.48. The number of hydrogen-bond donors (Lipinski definition) is 1. The molecule has 0 radical (unpaired) electrons. The van der Waals surface area contributed by atoms with E-state index in [0.717, 1.165) is 31.6 Å². The Bertz CT molecular complexity index is 394. The summed E-state index contributed by atoms with van der Waals surface area (Å²) in [6.45, 7) is 5.03. The van der Waals surface area contributed by atoms with Crippen molar-refractivity contribution in [2.75, 3.05) is 13.7 Å². The van der Waals surface area contributed by atoms with Crippen LogP contribution in [0.1, 0.15) is 44.7 Å². The molecule has 1 saturated heterocycles. The van der Waals surface area contributed by atoms with Crippen LogP contribution in [0.4, 0.5) is 0 Å². The Morgan fingerprint density at radius 2 is 2.16 bits per heavy atom. The average molecular weight is 263 g/mol. The molecule has 3 unspecified atom stereocenters. The van der Waals surface area contributed by atoms with E-state index in [4.69, 9.17) is 9.47 Å². The smallest absolute Gasteiger partial charge is 0.124 e. The molecule has 3 nitrogen and oxygen atoms in total. The molecule has 2 rings (SSSR count). The maximum absolute atomic E-state index is 6.01. The number of rotatable bonds is 6. The van der Waals surface area contributed by atoms with Crippen LogP contribution >= 0.6 is 0 Å². The van der Waals surface area contributed by atoms with E-state index in [1.54, 1.807) is 0 Å². The van der Waals surface area contributed by atoms with E-state index in [2.05, 4.69) is 31.3 Å². The first-order valence-corrected chi connectivity index (χ1v) is 7.30. The molecule has 0 aliphatic carbocycles. The summed E-state index contributed by atoms with van der Waals surface area (Å²) in [5.41, 5.74) is 1.21. The largest absolute Gasteiger partial charge is 0.493 e. The number of benzene rings is 1. The zero-order chi connectivity index (χ0) is 13.7. The maximum Gasteiger partial charge on any atom is 0.124 e. The Labute approximate surface area is 116 Å². The van der Waals surface area contributed by atoms with Crippen LogP contribution in [-0.2, 0) is 4.74 Å². The molecule has 0 amide bonds. The average Bonchev–Trinajstić information content (AvgIpc) is 2.85. The first-order valence-electron chi connectivity index (χ1n) is 7.30. The Hall–Kier alpha value is -1.06. The molecule has 0 bridgehead atoms. The highest BCUT2D eigenvalue weighted by Gasteiger charge is 2.31. The molecule has 1 N–H and O–H groups in total. The van der Waals surface area contributed by atoms with Gasteiger partial charge in [-0.05, 0) is 39.3 Å². The zero-order valence-electron chi connectivity index (χ0n) is 12.2. The van der Waals surface area contributed by atoms with Crippen LogP contribution in [0.3, 0.4) is 0 Å². The quantitative estimate of drug-likeness (QED) is 0.854. The fraction of sp³-hybridized carbons (Fsp3) is 0.625. The van der Waals surface area contributed by atoms with Crippen molar-refractivity contribution in [3.63, 3.8) is 0 Å². The molecule has 0 aromatic heterocycles. The van der Waals surface area contributed by atoms with Crippen molar-refractivity contribution in [3.05, 3.63) is 29.8 Å². The predicted octanol–water partition coefficient (Wildman–Crippen LogP) is 3.30. The summed E-state index contributed by atoms with van der Waals surface area (Å²) in [6.07, 6.45) is 3.88. The number of nitrogens with one attached hydrogen (secondary N) is 1. The Morgan fingerprint density at radius 1 is 1.37 bits per heavy atom. The lowest BCUT2D eigenvalue weighted by atomic mass is 9.98. The molecule has 1 fully saturated rings. The molecule has 3 atom stereocenters. The molecule has 1 aliphatic rings. The van der Waals surface area contributed by atoms with Gasteiger partial charge in [-0.15, -0.1) is 0 Å². The lowest BCUT2D eigenvalue weighted by molar-refractivity contribution is 0.0326. The van der Waals surface area contributed by atoms with Crippen molar-refractivity contribution in [2.45, 2.75) is 51.4 Å². The van der Waals surface area contributed by atoms with Crippen LogP contribution in [0.5, 0.6) is 5.75 Å². The van der Waals surface area contributed by atoms with E-state index in [1.807, 2.05) is 19.2 Å². The lowest BCUT2D eigenvalue weighted by Gasteiger charge is -2.25. The second-order valence-electron chi connectivity index (χ2n) is 5.22. The number of ether oxygens (including phenoxy) is 2. The van der Waals surface area contributed by atoms with Gasteiger partial charge >= 0.3 is 0 Å². The van der Waals surface area contributed by atoms with E-state index in [0.29, 0.717) is 6.10 Å². The Morgan fingerprint density at radius 3 is 2.79 bits per heavy atom. The highest BCUT2D eigenvalue weighted by molar-refractivity contribution is 5.36. The topological polar surface area (TPSA) is 30.5 Å². The van der Waals surface area contributed by atoms with Crippen molar-refractivity contribution < 1.29 is 9.47 Å². The summed E-state index contributed by atoms with van der Waals surface area (Å²) in [5.74, 6) is 0.979. The predicted molar refractivity (Wildman–Crippen MR) is 77.6 cm³/mol. The summed E-state index contributed by atoms with van der Waals surface area (Å²) in [5, 5.41) is 3.39. The van der Waals surface area contributed by atoms with Gasteiger partial charge in [0.2, 0.25) is 0 Å². The van der Waals surface area contributed by atoms with E-state index in [9.17, 15) is 0 Å². The Kier molecular flexibility index (Phi) is 5.23. The van der Waals surface area contributed by atoms with Gasteiger partial charge in [0.15, 0.2) is 0 Å². The van der Waals surface area contributed by atoms with Crippen LogP contribution in [0.25, 0.3) is 0 Å². The lowest BCUT2D eigenvalue weighted by Crippen LogP contribution is -2.30. The number of likely N-dealkylation sites (N-methyl/N-ethyl adjacent to an activating group) is 1. The van der Waals surface area contributed by atoms with Gasteiger partial charge in [0.25, 0.3) is 0 Å². The van der Waals surface area contributed by atoms with E-state index >= 15 is 0 Å². The van der Waals surface area contributed by atoms with Gasteiger partial charge < -0.3 is 14.8 Å². The summed E-state index contributed by atoms with van der Waals surface area (Å²) in [7, 11) is 1.99. The SMILES string of the molecule is CCCOc1ccccc1C(NC)C1CCC(C)O1. The standard InChI is InChI=1S/C16H25NO2/c1-4-11-18-14-8-6-5-7-13(14)16(17-3)15-10-9-12(2)19-15/h5-8,12,15-17H,4,9-11H2,1-3H3. The monoisotopic (exact) mass is 263 g/mol. The Balaban J connectivity index is 2.17. The molecule has 1 aliphatic heterocycles. The van der Waals surface area contributed by atoms with Crippen molar-refractivity contribution in [1.82, 2.24) is 5.32 Å². The molecule has 19 heavy (non-hydrogen) atoms. The van der Waals surface area contributed by atoms with Crippen LogP contribution in [0.2, 0.25) is 0 Å². The van der Waals surface area contributed by atoms with E-state index < -0.39 is 0 Å². The highest BCUT2D eigenvalue weighted by Crippen LogP contribution is 2.34. The van der Waals surface area contributed by atoms with Crippen molar-refractivity contribution in [2.24, 2.45) is 0 Å². The molecule has 3 heteroatoms. The molecular weight excluding hydrogens is 238 g/mol. The fourth-order valence-corrected chi connectivity index (χ4v) is 2.70. The van der Waals surface area contributed by atoms with Crippen molar-refractivity contribution in [3.8, 4) is 5.75 Å². The van der Waals surface area contributed by atoms with Crippen LogP contribution in [0.15, 0.2) is 24.3 Å². The molecule has 1 aromatic carbocycles. The summed E-state index contributed by atoms with van der Waals surface area (Å²) in [6, 6.07) is 8.49. The van der Waals surface area contributed by atoms with Crippen LogP contribution < -0.4 is 10.1 Å². The van der Waals surface area contributed by atoms with Crippen molar-refractivity contribution in [1.29, 1.82) is 0 Å². The second-order valence-corrected chi connectivity index (χ2v) is 5.22. The maximum atomic E-state index is 6.01.